The van der Waals surface area contributed by atoms with Gasteiger partial charge in [0.1, 0.15) is 15.0 Å². The Bertz CT molecular complexity index is 567. The van der Waals surface area contributed by atoms with E-state index in [0.29, 0.717) is 5.69 Å². The molecule has 100 valence electrons. The molecule has 19 heavy (non-hydrogen) atoms. The Morgan fingerprint density at radius 1 is 1.53 bits per heavy atom. The molecule has 0 aromatic carbocycles. The van der Waals surface area contributed by atoms with E-state index in [1.54, 1.807) is 29.3 Å². The summed E-state index contributed by atoms with van der Waals surface area (Å²) in [5.41, 5.74) is 0.567. The largest absolute Gasteiger partial charge is 0.328 e. The molecule has 0 bridgehead atoms. The van der Waals surface area contributed by atoms with E-state index < -0.39 is 0 Å². The van der Waals surface area contributed by atoms with Gasteiger partial charge in [-0.2, -0.15) is 0 Å². The van der Waals surface area contributed by atoms with Gasteiger partial charge in [-0.15, -0.1) is 22.7 Å². The number of thiazole rings is 2. The minimum Gasteiger partial charge on any atom is -0.328 e. The van der Waals surface area contributed by atoms with Crippen molar-refractivity contribution in [1.82, 2.24) is 14.9 Å². The first-order valence-electron chi connectivity index (χ1n) is 5.99. The highest BCUT2D eigenvalue weighted by Gasteiger charge is 2.33. The summed E-state index contributed by atoms with van der Waals surface area (Å²) in [6.07, 6.45) is 5.81. The molecule has 0 unspecified atom stereocenters. The number of rotatable bonds is 3. The van der Waals surface area contributed by atoms with Crippen LogP contribution >= 0.6 is 34.4 Å². The molecule has 3 heterocycles. The van der Waals surface area contributed by atoms with E-state index in [1.165, 1.54) is 11.3 Å². The Morgan fingerprint density at radius 2 is 2.42 bits per heavy atom. The predicted octanol–water partition coefficient (Wildman–Crippen LogP) is 3.30. The second kappa shape index (κ2) is 5.60. The number of nitrogens with zero attached hydrogens (tertiary/aromatic N) is 3. The van der Waals surface area contributed by atoms with Gasteiger partial charge in [-0.3, -0.25) is 4.79 Å². The number of hydrogen-bond donors (Lipinski definition) is 0. The second-order valence-corrected chi connectivity index (χ2v) is 7.07. The molecule has 0 radical (unpaired) electrons. The first kappa shape index (κ1) is 13.1. The van der Waals surface area contributed by atoms with Gasteiger partial charge in [-0.25, -0.2) is 9.97 Å². The second-order valence-electron chi connectivity index (χ2n) is 4.23. The Morgan fingerprint density at radius 3 is 3.11 bits per heavy atom. The third kappa shape index (κ3) is 2.54. The minimum absolute atomic E-state index is 0.0363. The van der Waals surface area contributed by atoms with Crippen molar-refractivity contribution in [3.63, 3.8) is 0 Å². The van der Waals surface area contributed by atoms with Crippen LogP contribution in [-0.4, -0.2) is 33.6 Å². The molecule has 1 aliphatic rings. The van der Waals surface area contributed by atoms with Gasteiger partial charge in [-0.05, 0) is 19.1 Å². The molecule has 7 heteroatoms. The van der Waals surface area contributed by atoms with Gasteiger partial charge in [0.2, 0.25) is 0 Å². The minimum atomic E-state index is 0.0363. The van der Waals surface area contributed by atoms with Crippen LogP contribution in [0.3, 0.4) is 0 Å². The fourth-order valence-corrected chi connectivity index (χ4v) is 4.28. The molecular weight excluding hydrogens is 298 g/mol. The van der Waals surface area contributed by atoms with Crippen LogP contribution in [0.25, 0.3) is 0 Å². The van der Waals surface area contributed by atoms with E-state index in [-0.39, 0.29) is 11.9 Å². The van der Waals surface area contributed by atoms with Crippen molar-refractivity contribution >= 4 is 40.3 Å². The number of thioether (sulfide) groups is 1. The average Bonchev–Trinajstić information content (AvgIpc) is 3.16. The topological polar surface area (TPSA) is 46.1 Å². The van der Waals surface area contributed by atoms with Crippen LogP contribution in [0.5, 0.6) is 0 Å². The van der Waals surface area contributed by atoms with Crippen molar-refractivity contribution in [1.29, 1.82) is 0 Å². The number of carbonyl (C=O) groups excluding carboxylic acids is 1. The summed E-state index contributed by atoms with van der Waals surface area (Å²) < 4.78 is 0.938. The zero-order valence-corrected chi connectivity index (χ0v) is 12.9. The summed E-state index contributed by atoms with van der Waals surface area (Å²) in [6, 6.07) is 0.131. The van der Waals surface area contributed by atoms with Crippen LogP contribution in [-0.2, 0) is 0 Å². The lowest BCUT2D eigenvalue weighted by Gasteiger charge is -2.22. The molecule has 2 aromatic heterocycles. The SMILES string of the molecule is CSc1nc(C(=O)N2CCC[C@@H]2c2nccs2)cs1. The smallest absolute Gasteiger partial charge is 0.273 e. The molecular formula is C12H13N3OS3. The van der Waals surface area contributed by atoms with Crippen molar-refractivity contribution in [2.24, 2.45) is 0 Å². The van der Waals surface area contributed by atoms with Crippen LogP contribution < -0.4 is 0 Å². The highest BCUT2D eigenvalue weighted by Crippen LogP contribution is 2.34. The van der Waals surface area contributed by atoms with Crippen molar-refractivity contribution in [2.75, 3.05) is 12.8 Å². The van der Waals surface area contributed by atoms with E-state index in [0.717, 1.165) is 28.7 Å². The maximum Gasteiger partial charge on any atom is 0.273 e. The molecule has 0 N–H and O–H groups in total. The van der Waals surface area contributed by atoms with Crippen molar-refractivity contribution in [3.8, 4) is 0 Å². The lowest BCUT2D eigenvalue weighted by Crippen LogP contribution is -2.30. The number of likely N-dealkylation sites (tertiary alicyclic amines) is 1. The zero-order valence-electron chi connectivity index (χ0n) is 10.4. The Kier molecular flexibility index (Phi) is 3.86. The Hall–Kier alpha value is -0.920. The lowest BCUT2D eigenvalue weighted by molar-refractivity contribution is 0.0730. The first-order valence-corrected chi connectivity index (χ1v) is 8.98. The highest BCUT2D eigenvalue weighted by atomic mass is 32.2. The molecule has 0 saturated carbocycles. The maximum absolute atomic E-state index is 12.5. The Labute approximate surface area is 123 Å². The summed E-state index contributed by atoms with van der Waals surface area (Å²) in [4.78, 5) is 23.1. The molecule has 1 saturated heterocycles. The fourth-order valence-electron chi connectivity index (χ4n) is 2.26. The van der Waals surface area contributed by atoms with Crippen LogP contribution in [0.1, 0.15) is 34.4 Å². The molecule has 4 nitrogen and oxygen atoms in total. The molecule has 1 aliphatic heterocycles. The molecule has 0 aliphatic carbocycles. The van der Waals surface area contributed by atoms with Crippen LogP contribution in [0, 0.1) is 0 Å². The van der Waals surface area contributed by atoms with Gasteiger partial charge in [0.15, 0.2) is 0 Å². The third-order valence-corrected chi connectivity index (χ3v) is 5.87. The maximum atomic E-state index is 12.5. The number of carbonyl (C=O) groups is 1. The molecule has 3 rings (SSSR count). The quantitative estimate of drug-likeness (QED) is 0.816. The van der Waals surface area contributed by atoms with E-state index in [1.807, 2.05) is 21.9 Å². The average molecular weight is 311 g/mol. The number of hydrogen-bond acceptors (Lipinski definition) is 6. The molecule has 2 aromatic rings. The third-order valence-electron chi connectivity index (χ3n) is 3.13. The fraction of sp³-hybridized carbons (Fsp3) is 0.417. The Balaban J connectivity index is 1.82. The molecule has 1 amide bonds. The van der Waals surface area contributed by atoms with Crippen molar-refractivity contribution < 1.29 is 4.79 Å². The molecule has 1 atom stereocenters. The summed E-state index contributed by atoms with van der Waals surface area (Å²) >= 11 is 4.72. The van der Waals surface area contributed by atoms with Gasteiger partial charge in [0.05, 0.1) is 6.04 Å². The van der Waals surface area contributed by atoms with Crippen LogP contribution in [0.4, 0.5) is 0 Å². The van der Waals surface area contributed by atoms with Crippen LogP contribution in [0.15, 0.2) is 21.3 Å². The molecule has 1 fully saturated rings. The lowest BCUT2D eigenvalue weighted by atomic mass is 10.2. The van der Waals surface area contributed by atoms with Gasteiger partial charge in [0, 0.05) is 23.5 Å². The summed E-state index contributed by atoms with van der Waals surface area (Å²) in [6.45, 7) is 0.801. The normalized spacial score (nSPS) is 19.0. The van der Waals surface area contributed by atoms with E-state index >= 15 is 0 Å². The summed E-state index contributed by atoms with van der Waals surface area (Å²) in [5.74, 6) is 0.0363. The van der Waals surface area contributed by atoms with Crippen molar-refractivity contribution in [2.45, 2.75) is 23.2 Å². The summed E-state index contributed by atoms with van der Waals surface area (Å²) in [5, 5.41) is 4.85. The highest BCUT2D eigenvalue weighted by molar-refractivity contribution is 8.00. The van der Waals surface area contributed by atoms with E-state index in [9.17, 15) is 4.79 Å². The number of aromatic nitrogens is 2. The van der Waals surface area contributed by atoms with Gasteiger partial charge >= 0.3 is 0 Å². The van der Waals surface area contributed by atoms with Crippen LogP contribution in [0.2, 0.25) is 0 Å². The molecule has 0 spiro atoms. The standard InChI is InChI=1S/C12H13N3OS3/c1-17-12-14-8(7-19-12)11(16)15-5-2-3-9(15)10-13-4-6-18-10/h4,6-7,9H,2-3,5H2,1H3/t9-/m1/s1. The van der Waals surface area contributed by atoms with E-state index in [4.69, 9.17) is 0 Å². The monoisotopic (exact) mass is 311 g/mol. The van der Waals surface area contributed by atoms with Crippen molar-refractivity contribution in [3.05, 3.63) is 27.7 Å². The van der Waals surface area contributed by atoms with Gasteiger partial charge in [0.25, 0.3) is 5.91 Å². The van der Waals surface area contributed by atoms with E-state index in [2.05, 4.69) is 9.97 Å². The first-order chi connectivity index (χ1) is 9.29. The van der Waals surface area contributed by atoms with Gasteiger partial charge < -0.3 is 4.90 Å². The van der Waals surface area contributed by atoms with Gasteiger partial charge in [-0.1, -0.05) is 11.8 Å². The zero-order chi connectivity index (χ0) is 13.2. The summed E-state index contributed by atoms with van der Waals surface area (Å²) in [7, 11) is 0. The predicted molar refractivity (Wildman–Crippen MR) is 79.0 cm³/mol. The number of amides is 1.